The first-order valence-corrected chi connectivity index (χ1v) is 8.21. The number of anilines is 1. The van der Waals surface area contributed by atoms with Crippen LogP contribution in [0.3, 0.4) is 0 Å². The Kier molecular flexibility index (Phi) is 3.43. The highest BCUT2D eigenvalue weighted by Crippen LogP contribution is 2.34. The predicted molar refractivity (Wildman–Crippen MR) is 96.2 cm³/mol. The molecule has 0 saturated heterocycles. The molecule has 0 unspecified atom stereocenters. The summed E-state index contributed by atoms with van der Waals surface area (Å²) in [7, 11) is 0. The van der Waals surface area contributed by atoms with Gasteiger partial charge in [0.2, 0.25) is 0 Å². The minimum atomic E-state index is -1.07. The highest BCUT2D eigenvalue weighted by atomic mass is 79.9. The van der Waals surface area contributed by atoms with Crippen LogP contribution in [-0.2, 0) is 0 Å². The Morgan fingerprint density at radius 2 is 1.60 bits per heavy atom. The van der Waals surface area contributed by atoms with Crippen LogP contribution in [0, 0.1) is 0 Å². The second-order valence-electron chi connectivity index (χ2n) is 5.65. The molecule has 0 spiro atoms. The fraction of sp³-hybridized carbons (Fsp3) is 0. The van der Waals surface area contributed by atoms with Gasteiger partial charge >= 0.3 is 5.97 Å². The number of imide groups is 1. The van der Waals surface area contributed by atoms with Crippen LogP contribution in [0.1, 0.15) is 31.1 Å². The van der Waals surface area contributed by atoms with Gasteiger partial charge in [-0.2, -0.15) is 0 Å². The number of nitrogens with zero attached hydrogens (tertiary/aromatic N) is 1. The van der Waals surface area contributed by atoms with Crippen LogP contribution in [0.2, 0.25) is 0 Å². The Balaban J connectivity index is 1.91. The van der Waals surface area contributed by atoms with Crippen LogP contribution < -0.4 is 4.90 Å². The van der Waals surface area contributed by atoms with Crippen molar-refractivity contribution in [3.8, 4) is 0 Å². The molecule has 0 saturated carbocycles. The van der Waals surface area contributed by atoms with Gasteiger partial charge in [0.1, 0.15) is 0 Å². The van der Waals surface area contributed by atoms with Crippen molar-refractivity contribution in [1.82, 2.24) is 0 Å². The number of amides is 2. The van der Waals surface area contributed by atoms with E-state index in [0.717, 1.165) is 14.8 Å². The van der Waals surface area contributed by atoms with Crippen molar-refractivity contribution in [2.24, 2.45) is 0 Å². The van der Waals surface area contributed by atoms with Gasteiger partial charge < -0.3 is 5.11 Å². The van der Waals surface area contributed by atoms with Crippen molar-refractivity contribution in [2.45, 2.75) is 0 Å². The Labute approximate surface area is 150 Å². The molecule has 0 radical (unpaired) electrons. The largest absolute Gasteiger partial charge is 0.478 e. The number of aromatic carboxylic acids is 1. The maximum absolute atomic E-state index is 13.0. The normalized spacial score (nSPS) is 13.4. The van der Waals surface area contributed by atoms with Crippen LogP contribution in [0.4, 0.5) is 5.69 Å². The maximum Gasteiger partial charge on any atom is 0.335 e. The highest BCUT2D eigenvalue weighted by molar-refractivity contribution is 9.10. The monoisotopic (exact) mass is 395 g/mol. The van der Waals surface area contributed by atoms with Gasteiger partial charge in [0.05, 0.1) is 16.8 Å². The second kappa shape index (κ2) is 5.53. The zero-order valence-corrected chi connectivity index (χ0v) is 14.3. The minimum absolute atomic E-state index is 0.0888. The van der Waals surface area contributed by atoms with Gasteiger partial charge in [-0.3, -0.25) is 9.59 Å². The summed E-state index contributed by atoms with van der Waals surface area (Å²) in [5, 5.41) is 10.4. The average Bonchev–Trinajstić information content (AvgIpc) is 2.59. The third kappa shape index (κ3) is 2.34. The fourth-order valence-electron chi connectivity index (χ4n) is 3.06. The Morgan fingerprint density at radius 3 is 2.28 bits per heavy atom. The summed E-state index contributed by atoms with van der Waals surface area (Å²) in [5.41, 5.74) is 1.30. The lowest BCUT2D eigenvalue weighted by atomic mass is 9.93. The third-order valence-corrected chi connectivity index (χ3v) is 4.64. The molecule has 1 aliphatic heterocycles. The Bertz CT molecular complexity index is 1070. The van der Waals surface area contributed by atoms with Gasteiger partial charge in [-0.05, 0) is 47.9 Å². The SMILES string of the molecule is O=C(O)c1ccc(N2C(=O)c3cccc4cc(Br)cc(c34)C2=O)cc1. The molecule has 4 rings (SSSR count). The molecule has 1 aliphatic rings. The summed E-state index contributed by atoms with van der Waals surface area (Å²) in [6.07, 6.45) is 0. The molecular weight excluding hydrogens is 386 g/mol. The molecule has 3 aromatic carbocycles. The van der Waals surface area contributed by atoms with E-state index in [1.54, 1.807) is 18.2 Å². The van der Waals surface area contributed by atoms with E-state index in [4.69, 9.17) is 5.11 Å². The summed E-state index contributed by atoms with van der Waals surface area (Å²) in [6.45, 7) is 0. The lowest BCUT2D eigenvalue weighted by Gasteiger charge is -2.27. The van der Waals surface area contributed by atoms with E-state index in [1.165, 1.54) is 24.3 Å². The molecule has 0 fully saturated rings. The van der Waals surface area contributed by atoms with Crippen molar-refractivity contribution in [3.05, 3.63) is 75.8 Å². The highest BCUT2D eigenvalue weighted by Gasteiger charge is 2.34. The second-order valence-corrected chi connectivity index (χ2v) is 6.57. The molecule has 2 amide bonds. The molecule has 0 bridgehead atoms. The number of carboxylic acids is 1. The molecular formula is C19H10BrNO4. The smallest absolute Gasteiger partial charge is 0.335 e. The predicted octanol–water partition coefficient (Wildman–Crippen LogP) is 4.10. The van der Waals surface area contributed by atoms with Gasteiger partial charge in [0.25, 0.3) is 11.8 Å². The molecule has 6 heteroatoms. The maximum atomic E-state index is 13.0. The van der Waals surface area contributed by atoms with Gasteiger partial charge in [-0.15, -0.1) is 0 Å². The van der Waals surface area contributed by atoms with Gasteiger partial charge in [0.15, 0.2) is 0 Å². The van der Waals surface area contributed by atoms with Crippen LogP contribution in [0.15, 0.2) is 59.1 Å². The zero-order chi connectivity index (χ0) is 17.7. The summed E-state index contributed by atoms with van der Waals surface area (Å²) in [4.78, 5) is 37.9. The number of hydrogen-bond donors (Lipinski definition) is 1. The number of hydrogen-bond acceptors (Lipinski definition) is 3. The van der Waals surface area contributed by atoms with Gasteiger partial charge in [0, 0.05) is 15.4 Å². The van der Waals surface area contributed by atoms with Gasteiger partial charge in [-0.1, -0.05) is 28.1 Å². The summed E-state index contributed by atoms with van der Waals surface area (Å²) >= 11 is 3.40. The number of carbonyl (C=O) groups is 3. The molecule has 1 N–H and O–H groups in total. The van der Waals surface area contributed by atoms with E-state index in [2.05, 4.69) is 15.9 Å². The molecule has 0 aromatic heterocycles. The fourth-order valence-corrected chi connectivity index (χ4v) is 3.53. The van der Waals surface area contributed by atoms with Crippen LogP contribution in [0.5, 0.6) is 0 Å². The zero-order valence-electron chi connectivity index (χ0n) is 12.7. The first-order chi connectivity index (χ1) is 12.0. The van der Waals surface area contributed by atoms with Gasteiger partial charge in [-0.25, -0.2) is 9.69 Å². The Morgan fingerprint density at radius 1 is 0.920 bits per heavy atom. The van der Waals surface area contributed by atoms with E-state index < -0.39 is 17.8 Å². The number of carbonyl (C=O) groups excluding carboxylic acids is 2. The molecule has 0 aliphatic carbocycles. The van der Waals surface area contributed by atoms with Crippen molar-refractivity contribution in [1.29, 1.82) is 0 Å². The first kappa shape index (κ1) is 15.5. The summed E-state index contributed by atoms with van der Waals surface area (Å²) < 4.78 is 0.746. The molecule has 5 nitrogen and oxygen atoms in total. The first-order valence-electron chi connectivity index (χ1n) is 7.42. The standard InChI is InChI=1S/C19H10BrNO4/c20-12-8-11-2-1-3-14-16(11)15(9-12)18(23)21(17(14)22)13-6-4-10(5-7-13)19(24)25/h1-9H,(H,24,25). The molecule has 1 heterocycles. The summed E-state index contributed by atoms with van der Waals surface area (Å²) in [6, 6.07) is 14.5. The third-order valence-electron chi connectivity index (χ3n) is 4.18. The van der Waals surface area contributed by atoms with Crippen molar-refractivity contribution >= 4 is 50.2 Å². The number of rotatable bonds is 2. The van der Waals surface area contributed by atoms with E-state index in [9.17, 15) is 14.4 Å². The van der Waals surface area contributed by atoms with Crippen LogP contribution >= 0.6 is 15.9 Å². The van der Waals surface area contributed by atoms with Crippen LogP contribution in [0.25, 0.3) is 10.8 Å². The lowest BCUT2D eigenvalue weighted by Crippen LogP contribution is -2.40. The van der Waals surface area contributed by atoms with E-state index >= 15 is 0 Å². The lowest BCUT2D eigenvalue weighted by molar-refractivity contribution is 0.0696. The van der Waals surface area contributed by atoms with Crippen molar-refractivity contribution in [2.75, 3.05) is 4.90 Å². The Hall–Kier alpha value is -2.99. The molecule has 25 heavy (non-hydrogen) atoms. The number of carboxylic acid groups (broad SMARTS) is 1. The average molecular weight is 396 g/mol. The quantitative estimate of drug-likeness (QED) is 0.662. The minimum Gasteiger partial charge on any atom is -0.478 e. The topological polar surface area (TPSA) is 74.7 Å². The number of benzene rings is 3. The van der Waals surface area contributed by atoms with E-state index in [-0.39, 0.29) is 5.56 Å². The number of halogens is 1. The molecule has 122 valence electrons. The van der Waals surface area contributed by atoms with E-state index in [1.807, 2.05) is 12.1 Å². The van der Waals surface area contributed by atoms with E-state index in [0.29, 0.717) is 22.2 Å². The van der Waals surface area contributed by atoms with Crippen molar-refractivity contribution < 1.29 is 19.5 Å². The van der Waals surface area contributed by atoms with Crippen LogP contribution in [-0.4, -0.2) is 22.9 Å². The molecule has 3 aromatic rings. The van der Waals surface area contributed by atoms with Crippen molar-refractivity contribution in [3.63, 3.8) is 0 Å². The summed E-state index contributed by atoms with van der Waals surface area (Å²) in [5.74, 6) is -1.92. The molecule has 0 atom stereocenters.